The van der Waals surface area contributed by atoms with E-state index in [1.807, 2.05) is 37.8 Å². The second-order valence-corrected chi connectivity index (χ2v) is 17.3. The lowest BCUT2D eigenvalue weighted by Gasteiger charge is -2.39. The molecule has 14 nitrogen and oxygen atoms in total. The highest BCUT2D eigenvalue weighted by Crippen LogP contribution is 2.39. The van der Waals surface area contributed by atoms with Crippen LogP contribution in [0.5, 0.6) is 5.75 Å². The molecular formula is C44H51FN8O6. The van der Waals surface area contributed by atoms with E-state index in [0.717, 1.165) is 72.6 Å². The molecule has 1 unspecified atom stereocenters. The number of aryl methyl sites for hydroxylation is 1. The quantitative estimate of drug-likeness (QED) is 0.154. The number of hydrogen-bond donors (Lipinski definition) is 3. The number of imide groups is 1. The fraction of sp³-hybridized carbons (Fsp3) is 0.500. The van der Waals surface area contributed by atoms with Crippen molar-refractivity contribution in [1.29, 1.82) is 0 Å². The van der Waals surface area contributed by atoms with Crippen molar-refractivity contribution in [3.05, 3.63) is 82.0 Å². The minimum absolute atomic E-state index is 0.000424. The molecule has 5 heterocycles. The number of rotatable bonds is 10. The number of aliphatic hydroxyl groups excluding tert-OH is 1. The monoisotopic (exact) mass is 806 g/mol. The van der Waals surface area contributed by atoms with Gasteiger partial charge in [0.1, 0.15) is 17.6 Å². The van der Waals surface area contributed by atoms with Crippen molar-refractivity contribution in [2.45, 2.75) is 108 Å². The van der Waals surface area contributed by atoms with E-state index in [2.05, 4.69) is 32.8 Å². The molecule has 2 aromatic carbocycles. The van der Waals surface area contributed by atoms with Crippen LogP contribution in [0.15, 0.2) is 59.7 Å². The van der Waals surface area contributed by atoms with Crippen LogP contribution >= 0.6 is 0 Å². The molecule has 2 saturated heterocycles. The first-order chi connectivity index (χ1) is 28.4. The third-order valence-corrected chi connectivity index (χ3v) is 12.8. The summed E-state index contributed by atoms with van der Waals surface area (Å²) in [5.41, 5.74) is 3.33. The van der Waals surface area contributed by atoms with Gasteiger partial charge in [0.15, 0.2) is 0 Å². The van der Waals surface area contributed by atoms with Crippen molar-refractivity contribution in [3.63, 3.8) is 0 Å². The van der Waals surface area contributed by atoms with Crippen molar-refractivity contribution in [1.82, 2.24) is 34.3 Å². The van der Waals surface area contributed by atoms with Crippen LogP contribution in [0.4, 0.5) is 10.1 Å². The summed E-state index contributed by atoms with van der Waals surface area (Å²) in [6.45, 7) is 6.21. The Morgan fingerprint density at radius 1 is 1.05 bits per heavy atom. The first kappa shape index (κ1) is 39.1. The number of pyridine rings is 1. The smallest absolute Gasteiger partial charge is 0.274 e. The summed E-state index contributed by atoms with van der Waals surface area (Å²) in [6, 6.07) is 12.6. The van der Waals surface area contributed by atoms with Gasteiger partial charge < -0.3 is 24.6 Å². The van der Waals surface area contributed by atoms with E-state index < -0.39 is 35.7 Å². The molecule has 9 rings (SSSR count). The zero-order valence-corrected chi connectivity index (χ0v) is 33.6. The highest BCUT2D eigenvalue weighted by molar-refractivity contribution is 6.08. The molecule has 4 fully saturated rings. The summed E-state index contributed by atoms with van der Waals surface area (Å²) >= 11 is 0. The first-order valence-electron chi connectivity index (χ1n) is 21.0. The van der Waals surface area contributed by atoms with E-state index in [4.69, 9.17) is 9.84 Å². The summed E-state index contributed by atoms with van der Waals surface area (Å²) in [5, 5.41) is 27.9. The maximum absolute atomic E-state index is 13.7. The Hall–Kier alpha value is -5.41. The Morgan fingerprint density at radius 2 is 1.85 bits per heavy atom. The van der Waals surface area contributed by atoms with Gasteiger partial charge in [0.2, 0.25) is 11.8 Å². The normalized spacial score (nSPS) is 26.4. The number of likely N-dealkylation sites (tertiary alicyclic amines) is 1. The van der Waals surface area contributed by atoms with Crippen LogP contribution in [0, 0.1) is 5.92 Å². The number of hydrogen-bond acceptors (Lipinski definition) is 9. The van der Waals surface area contributed by atoms with E-state index in [0.29, 0.717) is 48.7 Å². The van der Waals surface area contributed by atoms with Gasteiger partial charge >= 0.3 is 0 Å². The Labute approximate surface area is 340 Å². The number of fused-ring (bicyclic) bond motifs is 2. The van der Waals surface area contributed by atoms with Gasteiger partial charge in [-0.2, -0.15) is 10.2 Å². The Balaban J connectivity index is 0.820. The van der Waals surface area contributed by atoms with Gasteiger partial charge in [-0.25, -0.2) is 4.39 Å². The molecule has 310 valence electrons. The van der Waals surface area contributed by atoms with Crippen LogP contribution in [0.2, 0.25) is 0 Å². The molecule has 0 spiro atoms. The summed E-state index contributed by atoms with van der Waals surface area (Å²) in [5.74, 6) is -0.593. The lowest BCUT2D eigenvalue weighted by atomic mass is 9.83. The second-order valence-electron chi connectivity index (χ2n) is 17.3. The van der Waals surface area contributed by atoms with Crippen molar-refractivity contribution >= 4 is 45.2 Å². The van der Waals surface area contributed by atoms with Gasteiger partial charge in [0.25, 0.3) is 11.5 Å². The molecule has 15 heteroatoms. The van der Waals surface area contributed by atoms with Crippen LogP contribution < -0.4 is 20.9 Å². The number of aliphatic hydroxyl groups is 1. The number of piperidine rings is 2. The molecule has 2 saturated carbocycles. The van der Waals surface area contributed by atoms with Crippen molar-refractivity contribution in [3.8, 4) is 5.75 Å². The van der Waals surface area contributed by atoms with Crippen molar-refractivity contribution < 1.29 is 28.6 Å². The Kier molecular flexibility index (Phi) is 10.4. The first-order valence-corrected chi connectivity index (χ1v) is 21.0. The van der Waals surface area contributed by atoms with Crippen LogP contribution in [0.3, 0.4) is 0 Å². The molecule has 4 aliphatic rings. The van der Waals surface area contributed by atoms with Gasteiger partial charge in [-0.3, -0.25) is 33.9 Å². The SMILES string of the molecule is CC(C)Oc1cc2nn([C@H]3CC[C@H](CN4CC[C@@H](c5ccc6c(C7CCC(=O)NC7=O)nn(C)c6c5)[C@H](O)C4)CC3)cc2cc1C(=O)Nc1cccn([C@H]2C[C@H]2F)c1=O. The van der Waals surface area contributed by atoms with Crippen LogP contribution in [-0.4, -0.2) is 89.9 Å². The third kappa shape index (κ3) is 7.77. The number of halogens is 1. The third-order valence-electron chi connectivity index (χ3n) is 12.8. The molecule has 5 atom stereocenters. The minimum Gasteiger partial charge on any atom is -0.490 e. The van der Waals surface area contributed by atoms with E-state index >= 15 is 0 Å². The van der Waals surface area contributed by atoms with E-state index in [9.17, 15) is 28.7 Å². The Bertz CT molecular complexity index is 2500. The maximum atomic E-state index is 13.7. The van der Waals surface area contributed by atoms with Crippen molar-refractivity contribution in [2.75, 3.05) is 25.0 Å². The van der Waals surface area contributed by atoms with Gasteiger partial charge in [0.05, 0.1) is 52.5 Å². The average Bonchev–Trinajstić information content (AvgIpc) is 3.63. The maximum Gasteiger partial charge on any atom is 0.274 e. The number of carbonyl (C=O) groups excluding carboxylic acids is 3. The number of alkyl halides is 1. The predicted molar refractivity (Wildman–Crippen MR) is 219 cm³/mol. The molecule has 0 radical (unpaired) electrons. The number of aromatic nitrogens is 5. The molecule has 3 N–H and O–H groups in total. The zero-order valence-electron chi connectivity index (χ0n) is 33.6. The topological polar surface area (TPSA) is 166 Å². The minimum atomic E-state index is -1.05. The predicted octanol–water partition coefficient (Wildman–Crippen LogP) is 5.51. The summed E-state index contributed by atoms with van der Waals surface area (Å²) < 4.78 is 25.0. The number of ether oxygens (including phenoxy) is 1. The number of β-amino-alcohol motifs (C(OH)–C–C–N with tert-alkyl or cyclic N) is 1. The fourth-order valence-electron chi connectivity index (χ4n) is 9.54. The standard InChI is InChI=1S/C44H51FN8O6/c1-24(2)59-39-20-35-27(17-32(39)43(57)46-34-5-4-15-52(44(34)58)37-19-33(37)45)22-53(48-35)28-9-6-25(7-10-28)21-51-16-14-29(38(54)23-51)26-8-11-30-36(18-26)50(3)49-41(30)31-12-13-40(55)47-42(31)56/h4-5,8,11,15,17-18,20,22,24-25,28-29,31,33,37-38,54H,6-7,9-10,12-14,16,19,21,23H2,1-3H3,(H,46,57)(H,47,55,56)/t25-,28-,29-,31?,33+,37-,38+/m0/s1. The lowest BCUT2D eigenvalue weighted by molar-refractivity contribution is -0.134. The highest BCUT2D eigenvalue weighted by atomic mass is 19.1. The van der Waals surface area contributed by atoms with Gasteiger partial charge in [-0.1, -0.05) is 12.1 Å². The number of anilines is 1. The van der Waals surface area contributed by atoms with Crippen LogP contribution in [0.25, 0.3) is 21.8 Å². The Morgan fingerprint density at radius 3 is 2.58 bits per heavy atom. The molecule has 2 aliphatic carbocycles. The molecule has 3 aromatic heterocycles. The molecular weight excluding hydrogens is 756 g/mol. The number of nitrogens with one attached hydrogen (secondary N) is 2. The van der Waals surface area contributed by atoms with E-state index in [1.165, 1.54) is 10.6 Å². The van der Waals surface area contributed by atoms with E-state index in [1.54, 1.807) is 29.1 Å². The average molecular weight is 807 g/mol. The number of benzene rings is 2. The largest absolute Gasteiger partial charge is 0.490 e. The summed E-state index contributed by atoms with van der Waals surface area (Å²) in [6.07, 6.45) is 7.66. The lowest BCUT2D eigenvalue weighted by Crippen LogP contribution is -2.45. The molecule has 5 aromatic rings. The number of amides is 3. The molecule has 3 amide bonds. The second kappa shape index (κ2) is 15.6. The van der Waals surface area contributed by atoms with Crippen molar-refractivity contribution in [2.24, 2.45) is 13.0 Å². The summed E-state index contributed by atoms with van der Waals surface area (Å²) in [4.78, 5) is 53.4. The molecule has 0 bridgehead atoms. The van der Waals surface area contributed by atoms with Gasteiger partial charge in [0, 0.05) is 68.1 Å². The molecule has 2 aliphatic heterocycles. The zero-order chi connectivity index (χ0) is 41.1. The van der Waals surface area contributed by atoms with Crippen LogP contribution in [-0.2, 0) is 16.6 Å². The van der Waals surface area contributed by atoms with Gasteiger partial charge in [-0.05, 0) is 94.7 Å². The number of carbonyl (C=O) groups is 3. The fourth-order valence-corrected chi connectivity index (χ4v) is 9.54. The highest BCUT2D eigenvalue weighted by Gasteiger charge is 2.40. The summed E-state index contributed by atoms with van der Waals surface area (Å²) in [7, 11) is 1.87. The van der Waals surface area contributed by atoms with Crippen LogP contribution in [0.1, 0.15) is 111 Å². The molecule has 59 heavy (non-hydrogen) atoms. The van der Waals surface area contributed by atoms with E-state index in [-0.39, 0.29) is 35.6 Å². The van der Waals surface area contributed by atoms with Gasteiger partial charge in [-0.15, -0.1) is 0 Å². The number of nitrogens with zero attached hydrogens (tertiary/aromatic N) is 6.